The molecule has 1 aromatic rings. The van der Waals surface area contributed by atoms with E-state index in [9.17, 15) is 5.11 Å². The van der Waals surface area contributed by atoms with Crippen LogP contribution in [0.4, 0.5) is 0 Å². The highest BCUT2D eigenvalue weighted by atomic mass is 16.5. The number of pyridine rings is 1. The van der Waals surface area contributed by atoms with Crippen LogP contribution in [0, 0.1) is 0 Å². The van der Waals surface area contributed by atoms with Crippen molar-refractivity contribution in [2.75, 3.05) is 19.7 Å². The van der Waals surface area contributed by atoms with Gasteiger partial charge in [0.25, 0.3) is 0 Å². The minimum atomic E-state index is -0.543. The molecule has 0 aliphatic carbocycles. The zero-order chi connectivity index (χ0) is 14.6. The fourth-order valence-electron chi connectivity index (χ4n) is 3.01. The second-order valence-electron chi connectivity index (χ2n) is 5.69. The molecule has 112 valence electrons. The van der Waals surface area contributed by atoms with Gasteiger partial charge in [-0.05, 0) is 52.3 Å². The average molecular weight is 278 g/mol. The highest BCUT2D eigenvalue weighted by Gasteiger charge is 2.39. The molecule has 0 amide bonds. The maximum Gasteiger partial charge on any atom is 0.137 e. The Bertz CT molecular complexity index is 432. The number of likely N-dealkylation sites (tertiary alicyclic amines) is 1. The van der Waals surface area contributed by atoms with Crippen LogP contribution in [0.15, 0.2) is 18.5 Å². The fraction of sp³-hybridized carbons (Fsp3) is 0.688. The third-order valence-electron chi connectivity index (χ3n) is 4.49. The largest absolute Gasteiger partial charge is 0.492 e. The van der Waals surface area contributed by atoms with Crippen LogP contribution in [-0.2, 0) is 0 Å². The number of ether oxygens (including phenoxy) is 1. The zero-order valence-electron chi connectivity index (χ0n) is 12.8. The molecule has 20 heavy (non-hydrogen) atoms. The van der Waals surface area contributed by atoms with Crippen LogP contribution < -0.4 is 4.74 Å². The first-order chi connectivity index (χ1) is 9.61. The molecule has 1 aliphatic rings. The summed E-state index contributed by atoms with van der Waals surface area (Å²) in [5.74, 6) is 0.726. The van der Waals surface area contributed by atoms with Crippen molar-refractivity contribution < 1.29 is 9.84 Å². The second kappa shape index (κ2) is 6.55. The van der Waals surface area contributed by atoms with E-state index in [0.29, 0.717) is 6.61 Å². The number of nitrogens with zero attached hydrogens (tertiary/aromatic N) is 2. The van der Waals surface area contributed by atoms with Gasteiger partial charge in [0.15, 0.2) is 0 Å². The Hall–Kier alpha value is -1.13. The normalized spacial score (nSPS) is 20.6. The first-order valence-corrected chi connectivity index (χ1v) is 7.62. The summed E-state index contributed by atoms with van der Waals surface area (Å²) in [5.41, 5.74) is 0.607. The molecule has 2 unspecified atom stereocenters. The van der Waals surface area contributed by atoms with E-state index in [4.69, 9.17) is 4.74 Å². The summed E-state index contributed by atoms with van der Waals surface area (Å²) in [6.45, 7) is 8.99. The van der Waals surface area contributed by atoms with Crippen molar-refractivity contribution in [1.82, 2.24) is 9.88 Å². The first kappa shape index (κ1) is 15.3. The third kappa shape index (κ3) is 2.96. The van der Waals surface area contributed by atoms with Crippen LogP contribution in [0.25, 0.3) is 0 Å². The molecule has 2 heterocycles. The summed E-state index contributed by atoms with van der Waals surface area (Å²) < 4.78 is 5.48. The Morgan fingerprint density at radius 3 is 2.65 bits per heavy atom. The molecular weight excluding hydrogens is 252 g/mol. The summed E-state index contributed by atoms with van der Waals surface area (Å²) in [5, 5.41) is 10.9. The van der Waals surface area contributed by atoms with Gasteiger partial charge >= 0.3 is 0 Å². The number of aliphatic hydroxyl groups excluding tert-OH is 1. The van der Waals surface area contributed by atoms with Gasteiger partial charge in [-0.25, -0.2) is 0 Å². The van der Waals surface area contributed by atoms with Crippen LogP contribution in [0.2, 0.25) is 0 Å². The topological polar surface area (TPSA) is 45.6 Å². The lowest BCUT2D eigenvalue weighted by Gasteiger charge is -2.42. The van der Waals surface area contributed by atoms with E-state index in [1.807, 2.05) is 13.0 Å². The van der Waals surface area contributed by atoms with Crippen molar-refractivity contribution >= 4 is 0 Å². The molecule has 1 aliphatic heterocycles. The van der Waals surface area contributed by atoms with E-state index in [1.54, 1.807) is 12.4 Å². The van der Waals surface area contributed by atoms with Crippen LogP contribution in [0.5, 0.6) is 5.75 Å². The predicted molar refractivity (Wildman–Crippen MR) is 79.9 cm³/mol. The molecule has 1 fully saturated rings. The van der Waals surface area contributed by atoms with Gasteiger partial charge in [0.05, 0.1) is 18.9 Å². The maximum atomic E-state index is 10.9. The minimum absolute atomic E-state index is 0.233. The van der Waals surface area contributed by atoms with Crippen LogP contribution in [0.1, 0.15) is 51.7 Å². The molecule has 0 saturated carbocycles. The van der Waals surface area contributed by atoms with Gasteiger partial charge in [0.2, 0.25) is 0 Å². The van der Waals surface area contributed by atoms with Gasteiger partial charge in [0, 0.05) is 17.3 Å². The van der Waals surface area contributed by atoms with Crippen molar-refractivity contribution in [3.63, 3.8) is 0 Å². The van der Waals surface area contributed by atoms with Gasteiger partial charge in [0.1, 0.15) is 5.75 Å². The van der Waals surface area contributed by atoms with Gasteiger partial charge in [-0.2, -0.15) is 0 Å². The predicted octanol–water partition coefficient (Wildman–Crippen LogP) is 2.78. The Balaban J connectivity index is 2.23. The number of aromatic nitrogens is 1. The van der Waals surface area contributed by atoms with Crippen molar-refractivity contribution in [3.05, 3.63) is 24.0 Å². The Kier molecular flexibility index (Phi) is 5.00. The number of aliphatic hydroxyl groups is 1. The fourth-order valence-corrected chi connectivity index (χ4v) is 3.01. The Morgan fingerprint density at radius 2 is 2.05 bits per heavy atom. The third-order valence-corrected chi connectivity index (χ3v) is 4.49. The lowest BCUT2D eigenvalue weighted by atomic mass is 9.86. The Morgan fingerprint density at radius 1 is 1.35 bits per heavy atom. The molecule has 1 saturated heterocycles. The molecule has 2 rings (SSSR count). The van der Waals surface area contributed by atoms with E-state index >= 15 is 0 Å². The lowest BCUT2D eigenvalue weighted by molar-refractivity contribution is -0.0142. The van der Waals surface area contributed by atoms with Crippen molar-refractivity contribution in [3.8, 4) is 5.75 Å². The molecule has 1 N–H and O–H groups in total. The zero-order valence-corrected chi connectivity index (χ0v) is 12.8. The SMILES string of the molecule is CCOc1cncc(C(O)C(C)(CC)N2CCCC2)c1. The summed E-state index contributed by atoms with van der Waals surface area (Å²) >= 11 is 0. The van der Waals surface area contributed by atoms with E-state index in [0.717, 1.165) is 30.8 Å². The minimum Gasteiger partial charge on any atom is -0.492 e. The molecule has 1 aromatic heterocycles. The summed E-state index contributed by atoms with van der Waals surface area (Å²) in [6, 6.07) is 1.91. The monoisotopic (exact) mass is 278 g/mol. The molecule has 0 radical (unpaired) electrons. The second-order valence-corrected chi connectivity index (χ2v) is 5.69. The number of hydrogen-bond donors (Lipinski definition) is 1. The highest BCUT2D eigenvalue weighted by Crippen LogP contribution is 2.36. The molecule has 4 heteroatoms. The molecule has 0 bridgehead atoms. The van der Waals surface area contributed by atoms with Gasteiger partial charge < -0.3 is 9.84 Å². The van der Waals surface area contributed by atoms with Crippen LogP contribution in [0.3, 0.4) is 0 Å². The molecular formula is C16H26N2O2. The summed E-state index contributed by atoms with van der Waals surface area (Å²) in [7, 11) is 0. The number of hydrogen-bond acceptors (Lipinski definition) is 4. The smallest absolute Gasteiger partial charge is 0.137 e. The van der Waals surface area contributed by atoms with Gasteiger partial charge in [-0.1, -0.05) is 6.92 Å². The van der Waals surface area contributed by atoms with Gasteiger partial charge in [-0.15, -0.1) is 0 Å². The quantitative estimate of drug-likeness (QED) is 0.869. The molecule has 2 atom stereocenters. The Labute approximate surface area is 121 Å². The lowest BCUT2D eigenvalue weighted by Crippen LogP contribution is -2.48. The summed E-state index contributed by atoms with van der Waals surface area (Å²) in [4.78, 5) is 6.60. The standard InChI is InChI=1S/C16H26N2O2/c1-4-16(3,18-8-6-7-9-18)15(19)13-10-14(20-5-2)12-17-11-13/h10-12,15,19H,4-9H2,1-3H3. The number of rotatable bonds is 6. The van der Waals surface area contributed by atoms with Crippen LogP contribution >= 0.6 is 0 Å². The van der Waals surface area contributed by atoms with Crippen LogP contribution in [-0.4, -0.2) is 40.2 Å². The molecule has 0 spiro atoms. The van der Waals surface area contributed by atoms with E-state index in [-0.39, 0.29) is 5.54 Å². The van der Waals surface area contributed by atoms with E-state index in [1.165, 1.54) is 12.8 Å². The van der Waals surface area contributed by atoms with Gasteiger partial charge in [-0.3, -0.25) is 9.88 Å². The first-order valence-electron chi connectivity index (χ1n) is 7.62. The highest BCUT2D eigenvalue weighted by molar-refractivity contribution is 5.27. The van der Waals surface area contributed by atoms with Crippen molar-refractivity contribution in [2.24, 2.45) is 0 Å². The van der Waals surface area contributed by atoms with E-state index in [2.05, 4.69) is 23.7 Å². The molecule has 4 nitrogen and oxygen atoms in total. The maximum absolute atomic E-state index is 10.9. The summed E-state index contributed by atoms with van der Waals surface area (Å²) in [6.07, 6.45) is 6.25. The molecule has 0 aromatic carbocycles. The van der Waals surface area contributed by atoms with Crippen molar-refractivity contribution in [1.29, 1.82) is 0 Å². The average Bonchev–Trinajstić information content (AvgIpc) is 3.01. The van der Waals surface area contributed by atoms with Crippen molar-refractivity contribution in [2.45, 2.75) is 51.7 Å². The van der Waals surface area contributed by atoms with E-state index < -0.39 is 6.10 Å².